The lowest BCUT2D eigenvalue weighted by Gasteiger charge is -2.39. The van der Waals surface area contributed by atoms with Gasteiger partial charge in [0.2, 0.25) is 0 Å². The summed E-state index contributed by atoms with van der Waals surface area (Å²) in [4.78, 5) is 2.51. The highest BCUT2D eigenvalue weighted by molar-refractivity contribution is 8.00. The fourth-order valence-corrected chi connectivity index (χ4v) is 3.44. The van der Waals surface area contributed by atoms with Crippen LogP contribution in [0.1, 0.15) is 26.3 Å². The van der Waals surface area contributed by atoms with E-state index in [0.29, 0.717) is 4.75 Å². The van der Waals surface area contributed by atoms with Crippen molar-refractivity contribution in [1.82, 2.24) is 5.32 Å². The van der Waals surface area contributed by atoms with Gasteiger partial charge in [-0.15, -0.1) is 0 Å². The third-order valence-corrected chi connectivity index (χ3v) is 4.60. The van der Waals surface area contributed by atoms with E-state index >= 15 is 0 Å². The molecule has 0 aromatic heterocycles. The topological polar surface area (TPSA) is 15.3 Å². The molecule has 0 bridgehead atoms. The minimum Gasteiger partial charge on any atom is -0.369 e. The third-order valence-electron chi connectivity index (χ3n) is 3.31. The molecular formula is C15H24N2S. The molecule has 0 amide bonds. The number of nitrogens with zero attached hydrogens (tertiary/aromatic N) is 1. The first-order valence-corrected chi connectivity index (χ1v) is 7.78. The number of nitrogens with one attached hydrogen (secondary N) is 1. The van der Waals surface area contributed by atoms with Gasteiger partial charge in [-0.3, -0.25) is 0 Å². The Morgan fingerprint density at radius 1 is 1.28 bits per heavy atom. The van der Waals surface area contributed by atoms with E-state index in [1.807, 2.05) is 0 Å². The first kappa shape index (κ1) is 13.8. The number of thioether (sulfide) groups is 1. The SMILES string of the molecule is CCNCc1ccc(N2CCSC(C)(C)C2)cc1. The van der Waals surface area contributed by atoms with Crippen LogP contribution in [0.2, 0.25) is 0 Å². The average Bonchev–Trinajstić information content (AvgIpc) is 2.36. The van der Waals surface area contributed by atoms with E-state index in [1.165, 1.54) is 23.5 Å². The number of hydrogen-bond donors (Lipinski definition) is 1. The minimum atomic E-state index is 0.376. The molecule has 0 atom stereocenters. The normalized spacial score (nSPS) is 18.9. The molecule has 1 aliphatic rings. The second-order valence-corrected chi connectivity index (χ2v) is 7.28. The summed E-state index contributed by atoms with van der Waals surface area (Å²) < 4.78 is 0.376. The van der Waals surface area contributed by atoms with Crippen LogP contribution in [-0.2, 0) is 6.54 Å². The van der Waals surface area contributed by atoms with Crippen molar-refractivity contribution in [2.45, 2.75) is 32.1 Å². The van der Waals surface area contributed by atoms with Gasteiger partial charge < -0.3 is 10.2 Å². The molecule has 3 heteroatoms. The molecule has 18 heavy (non-hydrogen) atoms. The van der Waals surface area contributed by atoms with Crippen LogP contribution in [0, 0.1) is 0 Å². The zero-order chi connectivity index (χ0) is 13.0. The second kappa shape index (κ2) is 5.98. The van der Waals surface area contributed by atoms with Crippen LogP contribution < -0.4 is 10.2 Å². The second-order valence-electron chi connectivity index (χ2n) is 5.48. The highest BCUT2D eigenvalue weighted by Crippen LogP contribution is 2.32. The predicted molar refractivity (Wildman–Crippen MR) is 82.6 cm³/mol. The van der Waals surface area contributed by atoms with Crippen LogP contribution in [0.5, 0.6) is 0 Å². The monoisotopic (exact) mass is 264 g/mol. The van der Waals surface area contributed by atoms with Gasteiger partial charge in [0.05, 0.1) is 0 Å². The number of hydrogen-bond acceptors (Lipinski definition) is 3. The molecule has 100 valence electrons. The lowest BCUT2D eigenvalue weighted by Crippen LogP contribution is -2.43. The maximum atomic E-state index is 3.36. The average molecular weight is 264 g/mol. The van der Waals surface area contributed by atoms with Crippen LogP contribution in [0.25, 0.3) is 0 Å². The number of rotatable bonds is 4. The van der Waals surface area contributed by atoms with Crippen molar-refractivity contribution >= 4 is 17.4 Å². The summed E-state index contributed by atoms with van der Waals surface area (Å²) >= 11 is 2.08. The molecule has 0 aliphatic carbocycles. The van der Waals surface area contributed by atoms with Crippen LogP contribution >= 0.6 is 11.8 Å². The molecule has 0 spiro atoms. The van der Waals surface area contributed by atoms with Crippen molar-refractivity contribution in [3.05, 3.63) is 29.8 Å². The van der Waals surface area contributed by atoms with E-state index in [2.05, 4.69) is 67.0 Å². The zero-order valence-electron chi connectivity index (χ0n) is 11.7. The molecule has 1 N–H and O–H groups in total. The van der Waals surface area contributed by atoms with Crippen LogP contribution in [-0.4, -0.2) is 30.1 Å². The van der Waals surface area contributed by atoms with Gasteiger partial charge in [-0.25, -0.2) is 0 Å². The van der Waals surface area contributed by atoms with E-state index in [1.54, 1.807) is 0 Å². The van der Waals surface area contributed by atoms with E-state index in [0.717, 1.165) is 19.6 Å². The Labute approximate surface area is 115 Å². The van der Waals surface area contributed by atoms with E-state index in [-0.39, 0.29) is 0 Å². The third kappa shape index (κ3) is 3.66. The maximum absolute atomic E-state index is 3.36. The van der Waals surface area contributed by atoms with Crippen molar-refractivity contribution < 1.29 is 0 Å². The molecule has 1 fully saturated rings. The summed E-state index contributed by atoms with van der Waals surface area (Å²) in [6.45, 7) is 11.1. The fraction of sp³-hybridized carbons (Fsp3) is 0.600. The van der Waals surface area contributed by atoms with Gasteiger partial charge in [-0.05, 0) is 38.1 Å². The summed E-state index contributed by atoms with van der Waals surface area (Å²) in [5, 5.41) is 3.36. The first-order chi connectivity index (χ1) is 8.61. The Morgan fingerprint density at radius 2 is 2.00 bits per heavy atom. The smallest absolute Gasteiger partial charge is 0.0367 e. The van der Waals surface area contributed by atoms with E-state index in [4.69, 9.17) is 0 Å². The van der Waals surface area contributed by atoms with Gasteiger partial charge in [0.1, 0.15) is 0 Å². The molecular weight excluding hydrogens is 240 g/mol. The standard InChI is InChI=1S/C15H24N2S/c1-4-16-11-13-5-7-14(8-6-13)17-9-10-18-15(2,3)12-17/h5-8,16H,4,9-12H2,1-3H3. The molecule has 0 radical (unpaired) electrons. The summed E-state index contributed by atoms with van der Waals surface area (Å²) in [6, 6.07) is 9.01. The van der Waals surface area contributed by atoms with Crippen molar-refractivity contribution in [3.8, 4) is 0 Å². The van der Waals surface area contributed by atoms with Crippen LogP contribution in [0.15, 0.2) is 24.3 Å². The van der Waals surface area contributed by atoms with Crippen LogP contribution in [0.4, 0.5) is 5.69 Å². The Morgan fingerprint density at radius 3 is 2.61 bits per heavy atom. The van der Waals surface area contributed by atoms with Gasteiger partial charge in [-0.1, -0.05) is 19.1 Å². The molecule has 0 unspecified atom stereocenters. The molecule has 1 aromatic carbocycles. The van der Waals surface area contributed by atoms with Gasteiger partial charge in [0, 0.05) is 35.8 Å². The fourth-order valence-electron chi connectivity index (χ4n) is 2.33. The summed E-state index contributed by atoms with van der Waals surface area (Å²) in [5.74, 6) is 1.23. The Bertz CT molecular complexity index is 373. The maximum Gasteiger partial charge on any atom is 0.0367 e. The minimum absolute atomic E-state index is 0.376. The van der Waals surface area contributed by atoms with Crippen molar-refractivity contribution in [1.29, 1.82) is 0 Å². The highest BCUT2D eigenvalue weighted by Gasteiger charge is 2.26. The van der Waals surface area contributed by atoms with Gasteiger partial charge in [-0.2, -0.15) is 11.8 Å². The van der Waals surface area contributed by atoms with Crippen LogP contribution in [0.3, 0.4) is 0 Å². The first-order valence-electron chi connectivity index (χ1n) is 6.79. The zero-order valence-corrected chi connectivity index (χ0v) is 12.5. The summed E-state index contributed by atoms with van der Waals surface area (Å²) in [7, 11) is 0. The lowest BCUT2D eigenvalue weighted by molar-refractivity contribution is 0.647. The summed E-state index contributed by atoms with van der Waals surface area (Å²) in [5.41, 5.74) is 2.73. The van der Waals surface area contributed by atoms with Crippen molar-refractivity contribution in [3.63, 3.8) is 0 Å². The van der Waals surface area contributed by atoms with Gasteiger partial charge in [0.15, 0.2) is 0 Å². The van der Waals surface area contributed by atoms with E-state index < -0.39 is 0 Å². The molecule has 1 saturated heterocycles. The van der Waals surface area contributed by atoms with Crippen molar-refractivity contribution in [2.24, 2.45) is 0 Å². The molecule has 1 aromatic rings. The van der Waals surface area contributed by atoms with Gasteiger partial charge in [0.25, 0.3) is 0 Å². The van der Waals surface area contributed by atoms with Gasteiger partial charge >= 0.3 is 0 Å². The summed E-state index contributed by atoms with van der Waals surface area (Å²) in [6.07, 6.45) is 0. The van der Waals surface area contributed by atoms with E-state index in [9.17, 15) is 0 Å². The Hall–Kier alpha value is -0.670. The molecule has 1 heterocycles. The van der Waals surface area contributed by atoms with Crippen molar-refractivity contribution in [2.75, 3.05) is 30.3 Å². The largest absolute Gasteiger partial charge is 0.369 e. The molecule has 0 saturated carbocycles. The quantitative estimate of drug-likeness (QED) is 0.899. The number of benzene rings is 1. The molecule has 2 nitrogen and oxygen atoms in total. The number of anilines is 1. The predicted octanol–water partition coefficient (Wildman–Crippen LogP) is 3.13. The molecule has 2 rings (SSSR count). The molecule has 1 aliphatic heterocycles. The highest BCUT2D eigenvalue weighted by atomic mass is 32.2. The Kier molecular flexibility index (Phi) is 4.57. The Balaban J connectivity index is 2.00. The lowest BCUT2D eigenvalue weighted by atomic mass is 10.1.